The lowest BCUT2D eigenvalue weighted by molar-refractivity contribution is 0.0979. The van der Waals surface area contributed by atoms with Crippen molar-refractivity contribution in [1.29, 1.82) is 0 Å². The van der Waals surface area contributed by atoms with Crippen LogP contribution in [0, 0.1) is 25.5 Å². The smallest absolute Gasteiger partial charge is 0.259 e. The molecule has 0 fully saturated rings. The number of halogens is 2. The van der Waals surface area contributed by atoms with E-state index >= 15 is 0 Å². The summed E-state index contributed by atoms with van der Waals surface area (Å²) in [7, 11) is -4.13. The number of fused-ring (bicyclic) bond motifs is 2. The van der Waals surface area contributed by atoms with E-state index in [0.717, 1.165) is 34.9 Å². The van der Waals surface area contributed by atoms with Crippen LogP contribution in [0.3, 0.4) is 0 Å². The van der Waals surface area contributed by atoms with Gasteiger partial charge in [-0.05, 0) is 67.4 Å². The number of nitrogens with zero attached hydrogens (tertiary/aromatic N) is 1. The predicted molar refractivity (Wildman–Crippen MR) is 139 cm³/mol. The monoisotopic (exact) mass is 532 g/mol. The zero-order valence-corrected chi connectivity index (χ0v) is 21.3. The topological polar surface area (TPSA) is 83.6 Å². The number of rotatable bonds is 4. The van der Waals surface area contributed by atoms with Crippen molar-refractivity contribution >= 4 is 33.0 Å². The Morgan fingerprint density at radius 1 is 0.895 bits per heavy atom. The summed E-state index contributed by atoms with van der Waals surface area (Å²) in [6.07, 6.45) is 0. The third kappa shape index (κ3) is 4.45. The molecule has 1 aliphatic heterocycles. The zero-order valence-electron chi connectivity index (χ0n) is 20.5. The Morgan fingerprint density at radius 2 is 1.66 bits per heavy atom. The quantitative estimate of drug-likeness (QED) is 0.359. The molecule has 5 rings (SSSR count). The van der Waals surface area contributed by atoms with Crippen LogP contribution in [0.5, 0.6) is 0 Å². The number of amides is 2. The maximum absolute atomic E-state index is 14.1. The first-order valence-corrected chi connectivity index (χ1v) is 13.2. The summed E-state index contributed by atoms with van der Waals surface area (Å²) >= 11 is 0. The van der Waals surface area contributed by atoms with Gasteiger partial charge >= 0.3 is 0 Å². The SMILES string of the molecule is Cc1ccc(C)c(CN2C(=O)c3ccccc3S(=O)(=O)c3ccc(C(=O)Nc4cc(F)ccc4F)cc32)c1. The molecule has 4 aromatic carbocycles. The summed E-state index contributed by atoms with van der Waals surface area (Å²) in [6.45, 7) is 3.85. The molecule has 0 atom stereocenters. The van der Waals surface area contributed by atoms with Crippen molar-refractivity contribution in [2.45, 2.75) is 30.2 Å². The minimum absolute atomic E-state index is 0.0134. The number of benzene rings is 4. The minimum Gasteiger partial charge on any atom is -0.319 e. The van der Waals surface area contributed by atoms with Crippen molar-refractivity contribution in [3.63, 3.8) is 0 Å². The van der Waals surface area contributed by atoms with E-state index in [4.69, 9.17) is 0 Å². The van der Waals surface area contributed by atoms with Gasteiger partial charge in [0.25, 0.3) is 11.8 Å². The predicted octanol–water partition coefficient (Wildman–Crippen LogP) is 5.83. The highest BCUT2D eigenvalue weighted by molar-refractivity contribution is 7.91. The van der Waals surface area contributed by atoms with E-state index in [9.17, 15) is 26.8 Å². The van der Waals surface area contributed by atoms with E-state index in [-0.39, 0.29) is 38.8 Å². The Hall–Kier alpha value is -4.37. The molecular formula is C29H22F2N2O4S. The lowest BCUT2D eigenvalue weighted by Gasteiger charge is -2.24. The minimum atomic E-state index is -4.13. The molecule has 1 N–H and O–H groups in total. The van der Waals surface area contributed by atoms with Crippen molar-refractivity contribution in [2.75, 3.05) is 10.2 Å². The summed E-state index contributed by atoms with van der Waals surface area (Å²) in [5.74, 6) is -2.91. The molecule has 0 bridgehead atoms. The van der Waals surface area contributed by atoms with Crippen LogP contribution in [0.4, 0.5) is 20.2 Å². The van der Waals surface area contributed by atoms with Crippen molar-refractivity contribution < 1.29 is 26.8 Å². The van der Waals surface area contributed by atoms with Crippen molar-refractivity contribution in [2.24, 2.45) is 0 Å². The molecule has 0 saturated carbocycles. The fourth-order valence-corrected chi connectivity index (χ4v) is 6.06. The molecule has 0 unspecified atom stereocenters. The lowest BCUT2D eigenvalue weighted by atomic mass is 10.0. The summed E-state index contributed by atoms with van der Waals surface area (Å²) in [5, 5.41) is 2.31. The van der Waals surface area contributed by atoms with Gasteiger partial charge in [0.05, 0.1) is 33.3 Å². The van der Waals surface area contributed by atoms with Crippen molar-refractivity contribution in [3.05, 3.63) is 118 Å². The fraction of sp³-hybridized carbons (Fsp3) is 0.103. The number of anilines is 2. The standard InChI is InChI=1S/C29H22F2N2O4S/c1-17-7-8-18(2)20(13-17)16-33-25-14-19(28(34)32-24-15-21(30)10-11-23(24)31)9-12-27(25)38(36,37)26-6-4-3-5-22(26)29(33)35/h3-15H,16H2,1-2H3,(H,32,34). The van der Waals surface area contributed by atoms with Gasteiger partial charge in [-0.3, -0.25) is 9.59 Å². The summed E-state index contributed by atoms with van der Waals surface area (Å²) < 4.78 is 55.1. The number of carbonyl (C=O) groups excluding carboxylic acids is 2. The van der Waals surface area contributed by atoms with Crippen LogP contribution in [0.1, 0.15) is 37.4 Å². The van der Waals surface area contributed by atoms with Crippen LogP contribution >= 0.6 is 0 Å². The highest BCUT2D eigenvalue weighted by atomic mass is 32.2. The molecule has 192 valence electrons. The molecule has 9 heteroatoms. The van der Waals surface area contributed by atoms with E-state index < -0.39 is 33.3 Å². The number of aryl methyl sites for hydroxylation is 2. The normalized spacial score (nSPS) is 13.9. The molecule has 4 aromatic rings. The van der Waals surface area contributed by atoms with E-state index in [1.54, 1.807) is 12.1 Å². The highest BCUT2D eigenvalue weighted by Crippen LogP contribution is 2.38. The molecule has 1 aliphatic rings. The van der Waals surface area contributed by atoms with Gasteiger partial charge in [0, 0.05) is 11.6 Å². The molecule has 0 saturated heterocycles. The maximum atomic E-state index is 14.1. The summed E-state index contributed by atoms with van der Waals surface area (Å²) in [4.78, 5) is 27.9. The molecule has 0 aromatic heterocycles. The Bertz CT molecular complexity index is 1730. The molecule has 2 amide bonds. The molecule has 0 spiro atoms. The number of hydrogen-bond donors (Lipinski definition) is 1. The molecule has 0 aliphatic carbocycles. The Labute approximate surface area is 218 Å². The second-order valence-corrected chi connectivity index (χ2v) is 11.0. The van der Waals surface area contributed by atoms with Crippen LogP contribution in [0.25, 0.3) is 0 Å². The Balaban J connectivity index is 1.66. The van der Waals surface area contributed by atoms with Crippen LogP contribution in [-0.2, 0) is 16.4 Å². The zero-order chi connectivity index (χ0) is 27.2. The highest BCUT2D eigenvalue weighted by Gasteiger charge is 2.36. The molecule has 38 heavy (non-hydrogen) atoms. The van der Waals surface area contributed by atoms with E-state index in [0.29, 0.717) is 0 Å². The number of hydrogen-bond acceptors (Lipinski definition) is 4. The first kappa shape index (κ1) is 25.3. The number of carbonyl (C=O) groups is 2. The number of nitrogens with one attached hydrogen (secondary N) is 1. The van der Waals surface area contributed by atoms with Gasteiger partial charge in [0.15, 0.2) is 0 Å². The van der Waals surface area contributed by atoms with Gasteiger partial charge in [-0.25, -0.2) is 17.2 Å². The van der Waals surface area contributed by atoms with Crippen LogP contribution in [-0.4, -0.2) is 20.2 Å². The second kappa shape index (κ2) is 9.50. The van der Waals surface area contributed by atoms with Crippen LogP contribution < -0.4 is 10.2 Å². The molecule has 1 heterocycles. The van der Waals surface area contributed by atoms with Crippen LogP contribution in [0.15, 0.2) is 88.7 Å². The molecule has 6 nitrogen and oxygen atoms in total. The Kier molecular flexibility index (Phi) is 6.32. The largest absolute Gasteiger partial charge is 0.319 e. The lowest BCUT2D eigenvalue weighted by Crippen LogP contribution is -2.31. The second-order valence-electron chi connectivity index (χ2n) is 9.08. The summed E-state index contributed by atoms with van der Waals surface area (Å²) in [6, 6.07) is 18.2. The van der Waals surface area contributed by atoms with Crippen molar-refractivity contribution in [1.82, 2.24) is 0 Å². The molecular weight excluding hydrogens is 510 g/mol. The van der Waals surface area contributed by atoms with E-state index in [1.807, 2.05) is 32.0 Å². The van der Waals surface area contributed by atoms with E-state index in [1.165, 1.54) is 35.2 Å². The maximum Gasteiger partial charge on any atom is 0.259 e. The van der Waals surface area contributed by atoms with Gasteiger partial charge < -0.3 is 10.2 Å². The average Bonchev–Trinajstić information content (AvgIpc) is 2.96. The third-order valence-electron chi connectivity index (χ3n) is 6.46. The average molecular weight is 533 g/mol. The van der Waals surface area contributed by atoms with Gasteiger partial charge in [0.1, 0.15) is 11.6 Å². The first-order chi connectivity index (χ1) is 18.1. The first-order valence-electron chi connectivity index (χ1n) is 11.7. The van der Waals surface area contributed by atoms with Gasteiger partial charge in [-0.2, -0.15) is 0 Å². The van der Waals surface area contributed by atoms with Gasteiger partial charge in [0.2, 0.25) is 9.84 Å². The van der Waals surface area contributed by atoms with Crippen LogP contribution in [0.2, 0.25) is 0 Å². The van der Waals surface area contributed by atoms with Crippen molar-refractivity contribution in [3.8, 4) is 0 Å². The summed E-state index contributed by atoms with van der Waals surface area (Å²) in [5.41, 5.74) is 2.30. The van der Waals surface area contributed by atoms with Gasteiger partial charge in [-0.1, -0.05) is 35.9 Å². The van der Waals surface area contributed by atoms with Gasteiger partial charge in [-0.15, -0.1) is 0 Å². The molecule has 0 radical (unpaired) electrons. The fourth-order valence-electron chi connectivity index (χ4n) is 4.43. The number of sulfone groups is 1. The Morgan fingerprint density at radius 3 is 2.45 bits per heavy atom. The van der Waals surface area contributed by atoms with E-state index in [2.05, 4.69) is 5.32 Å². The third-order valence-corrected chi connectivity index (χ3v) is 8.32.